The van der Waals surface area contributed by atoms with Crippen LogP contribution < -0.4 is 10.1 Å². The van der Waals surface area contributed by atoms with Gasteiger partial charge in [-0.2, -0.15) is 0 Å². The predicted molar refractivity (Wildman–Crippen MR) is 75.1 cm³/mol. The number of aryl methyl sites for hydroxylation is 1. The summed E-state index contributed by atoms with van der Waals surface area (Å²) in [7, 11) is 3.48. The van der Waals surface area contributed by atoms with Gasteiger partial charge in [0.05, 0.1) is 29.6 Å². The van der Waals surface area contributed by atoms with Crippen LogP contribution in [0.25, 0.3) is 10.9 Å². The summed E-state index contributed by atoms with van der Waals surface area (Å²) in [6, 6.07) is 5.76. The lowest BCUT2D eigenvalue weighted by molar-refractivity contribution is 0.0972. The summed E-state index contributed by atoms with van der Waals surface area (Å²) in [5.41, 5.74) is 3.45. The minimum Gasteiger partial charge on any atom is -0.497 e. The lowest BCUT2D eigenvalue weighted by Crippen LogP contribution is -2.15. The van der Waals surface area contributed by atoms with Crippen molar-refractivity contribution in [3.05, 3.63) is 29.5 Å². The lowest BCUT2D eigenvalue weighted by atomic mass is 9.91. The molecule has 0 fully saturated rings. The number of anilines is 1. The van der Waals surface area contributed by atoms with E-state index in [4.69, 9.17) is 4.74 Å². The number of nitrogens with zero attached hydrogens (tertiary/aromatic N) is 1. The van der Waals surface area contributed by atoms with Gasteiger partial charge in [0.15, 0.2) is 5.78 Å². The third-order valence-electron chi connectivity index (χ3n) is 3.61. The summed E-state index contributed by atoms with van der Waals surface area (Å²) in [4.78, 5) is 16.8. The van der Waals surface area contributed by atoms with Gasteiger partial charge in [-0.25, -0.2) is 0 Å². The fourth-order valence-electron chi connectivity index (χ4n) is 2.70. The van der Waals surface area contributed by atoms with Gasteiger partial charge < -0.3 is 10.1 Å². The number of rotatable bonds is 2. The first-order valence-electron chi connectivity index (χ1n) is 6.46. The lowest BCUT2D eigenvalue weighted by Gasteiger charge is -2.19. The average molecular weight is 256 g/mol. The smallest absolute Gasteiger partial charge is 0.166 e. The molecule has 0 spiro atoms. The molecule has 0 saturated heterocycles. The molecule has 19 heavy (non-hydrogen) atoms. The number of hydrogen-bond donors (Lipinski definition) is 1. The van der Waals surface area contributed by atoms with Crippen molar-refractivity contribution < 1.29 is 9.53 Å². The van der Waals surface area contributed by atoms with E-state index in [1.807, 2.05) is 25.2 Å². The third kappa shape index (κ3) is 1.84. The maximum Gasteiger partial charge on any atom is 0.166 e. The molecule has 0 saturated carbocycles. The molecule has 3 rings (SSSR count). The summed E-state index contributed by atoms with van der Waals surface area (Å²) >= 11 is 0. The Morgan fingerprint density at radius 2 is 2.16 bits per heavy atom. The Balaban J connectivity index is 2.36. The van der Waals surface area contributed by atoms with Gasteiger partial charge >= 0.3 is 0 Å². The number of carbonyl (C=O) groups excluding carboxylic acids is 1. The summed E-state index contributed by atoms with van der Waals surface area (Å²) in [5, 5.41) is 4.10. The molecule has 0 atom stereocenters. The number of fused-ring (bicyclic) bond motifs is 2. The van der Waals surface area contributed by atoms with Crippen molar-refractivity contribution in [3.8, 4) is 5.75 Å². The molecule has 4 nitrogen and oxygen atoms in total. The minimum absolute atomic E-state index is 0.183. The van der Waals surface area contributed by atoms with Gasteiger partial charge in [-0.3, -0.25) is 9.78 Å². The molecule has 0 unspecified atom stereocenters. The topological polar surface area (TPSA) is 51.2 Å². The SMILES string of the molecule is CNc1c2c(nc3ccc(OC)cc13)CCCC2=O. The number of aromatic nitrogens is 1. The van der Waals surface area contributed by atoms with Gasteiger partial charge in [0.1, 0.15) is 5.75 Å². The molecular weight excluding hydrogens is 240 g/mol. The second kappa shape index (κ2) is 4.53. The molecule has 0 bridgehead atoms. The van der Waals surface area contributed by atoms with Gasteiger partial charge in [0, 0.05) is 18.9 Å². The highest BCUT2D eigenvalue weighted by Crippen LogP contribution is 2.34. The second-order valence-electron chi connectivity index (χ2n) is 4.72. The van der Waals surface area contributed by atoms with Gasteiger partial charge in [-0.15, -0.1) is 0 Å². The van der Waals surface area contributed by atoms with Gasteiger partial charge in [0.2, 0.25) is 0 Å². The second-order valence-corrected chi connectivity index (χ2v) is 4.72. The van der Waals surface area contributed by atoms with Crippen LogP contribution in [0.1, 0.15) is 28.9 Å². The fraction of sp³-hybridized carbons (Fsp3) is 0.333. The molecule has 1 aliphatic carbocycles. The van der Waals surface area contributed by atoms with Crippen LogP contribution in [0.5, 0.6) is 5.75 Å². The Morgan fingerprint density at radius 3 is 2.89 bits per heavy atom. The monoisotopic (exact) mass is 256 g/mol. The molecule has 1 aliphatic rings. The van der Waals surface area contributed by atoms with E-state index in [0.717, 1.165) is 46.4 Å². The third-order valence-corrected chi connectivity index (χ3v) is 3.61. The number of methoxy groups -OCH3 is 1. The molecule has 2 aromatic rings. The first kappa shape index (κ1) is 12.0. The molecule has 1 aromatic carbocycles. The molecule has 0 amide bonds. The number of carbonyl (C=O) groups is 1. The molecule has 1 heterocycles. The summed E-state index contributed by atoms with van der Waals surface area (Å²) in [6.45, 7) is 0. The van der Waals surface area contributed by atoms with Crippen LogP contribution >= 0.6 is 0 Å². The number of Topliss-reactive ketones (excluding diaryl/α,β-unsaturated/α-hetero) is 1. The van der Waals surface area contributed by atoms with Gasteiger partial charge in [-0.05, 0) is 31.0 Å². The van der Waals surface area contributed by atoms with Crippen LogP contribution in [-0.4, -0.2) is 24.9 Å². The fourth-order valence-corrected chi connectivity index (χ4v) is 2.70. The maximum atomic E-state index is 12.2. The molecule has 1 aromatic heterocycles. The van der Waals surface area contributed by atoms with E-state index in [0.29, 0.717) is 6.42 Å². The maximum absolute atomic E-state index is 12.2. The standard InChI is InChI=1S/C15H16N2O2/c1-16-15-10-8-9(19-2)6-7-11(10)17-12-4-3-5-13(18)14(12)15/h6-8H,3-5H2,1-2H3,(H,16,17). The zero-order valence-electron chi connectivity index (χ0n) is 11.1. The Morgan fingerprint density at radius 1 is 1.32 bits per heavy atom. The Bertz CT molecular complexity index is 665. The molecule has 1 N–H and O–H groups in total. The van der Waals surface area contributed by atoms with E-state index >= 15 is 0 Å². The number of pyridine rings is 1. The van der Waals surface area contributed by atoms with E-state index in [9.17, 15) is 4.79 Å². The van der Waals surface area contributed by atoms with Crippen LogP contribution in [0.15, 0.2) is 18.2 Å². The van der Waals surface area contributed by atoms with Crippen LogP contribution in [0.4, 0.5) is 5.69 Å². The van der Waals surface area contributed by atoms with E-state index in [1.54, 1.807) is 7.11 Å². The van der Waals surface area contributed by atoms with Crippen molar-refractivity contribution in [2.45, 2.75) is 19.3 Å². The number of nitrogens with one attached hydrogen (secondary N) is 1. The number of ketones is 1. The normalized spacial score (nSPS) is 14.3. The van der Waals surface area contributed by atoms with Crippen molar-refractivity contribution in [1.29, 1.82) is 0 Å². The largest absolute Gasteiger partial charge is 0.497 e. The quantitative estimate of drug-likeness (QED) is 0.897. The number of benzene rings is 1. The van der Waals surface area contributed by atoms with Crippen molar-refractivity contribution in [2.24, 2.45) is 0 Å². The molecule has 98 valence electrons. The van der Waals surface area contributed by atoms with Crippen LogP contribution in [0, 0.1) is 0 Å². The van der Waals surface area contributed by atoms with E-state index in [-0.39, 0.29) is 5.78 Å². The van der Waals surface area contributed by atoms with Crippen molar-refractivity contribution in [2.75, 3.05) is 19.5 Å². The van der Waals surface area contributed by atoms with Crippen molar-refractivity contribution in [3.63, 3.8) is 0 Å². The zero-order valence-corrected chi connectivity index (χ0v) is 11.1. The van der Waals surface area contributed by atoms with Crippen LogP contribution in [-0.2, 0) is 6.42 Å². The summed E-state index contributed by atoms with van der Waals surface area (Å²) in [5.74, 6) is 0.955. The highest BCUT2D eigenvalue weighted by molar-refractivity contribution is 6.10. The zero-order chi connectivity index (χ0) is 13.4. The molecule has 4 heteroatoms. The Kier molecular flexibility index (Phi) is 2.85. The first-order chi connectivity index (χ1) is 9.24. The first-order valence-corrected chi connectivity index (χ1v) is 6.46. The minimum atomic E-state index is 0.183. The number of hydrogen-bond acceptors (Lipinski definition) is 4. The Hall–Kier alpha value is -2.10. The van der Waals surface area contributed by atoms with Crippen molar-refractivity contribution in [1.82, 2.24) is 4.98 Å². The van der Waals surface area contributed by atoms with Crippen LogP contribution in [0.3, 0.4) is 0 Å². The highest BCUT2D eigenvalue weighted by atomic mass is 16.5. The number of ether oxygens (including phenoxy) is 1. The molecular formula is C15H16N2O2. The van der Waals surface area contributed by atoms with Gasteiger partial charge in [-0.1, -0.05) is 0 Å². The summed E-state index contributed by atoms with van der Waals surface area (Å²) < 4.78 is 5.25. The highest BCUT2D eigenvalue weighted by Gasteiger charge is 2.24. The average Bonchev–Trinajstić information content (AvgIpc) is 2.44. The van der Waals surface area contributed by atoms with Crippen LogP contribution in [0.2, 0.25) is 0 Å². The predicted octanol–water partition coefficient (Wildman–Crippen LogP) is 2.80. The molecule has 0 radical (unpaired) electrons. The van der Waals surface area contributed by atoms with Crippen molar-refractivity contribution >= 4 is 22.4 Å². The van der Waals surface area contributed by atoms with E-state index < -0.39 is 0 Å². The van der Waals surface area contributed by atoms with E-state index in [1.165, 1.54) is 0 Å². The molecule has 0 aliphatic heterocycles. The summed E-state index contributed by atoms with van der Waals surface area (Å²) in [6.07, 6.45) is 2.38. The van der Waals surface area contributed by atoms with Gasteiger partial charge in [0.25, 0.3) is 0 Å². The Labute approximate surface area is 111 Å². The van der Waals surface area contributed by atoms with E-state index in [2.05, 4.69) is 10.3 Å².